The number of carbonyl (C=O) groups is 1. The van der Waals surface area contributed by atoms with Crippen LogP contribution < -0.4 is 15.6 Å². The maximum atomic E-state index is 13.3. The predicted molar refractivity (Wildman–Crippen MR) is 73.4 cm³/mol. The second kappa shape index (κ2) is 7.30. The van der Waals surface area contributed by atoms with Crippen LogP contribution in [0.1, 0.15) is 0 Å². The van der Waals surface area contributed by atoms with Gasteiger partial charge in [-0.1, -0.05) is 0 Å². The molecule has 0 spiro atoms. The van der Waals surface area contributed by atoms with E-state index in [1.807, 2.05) is 0 Å². The Hall–Kier alpha value is -2.77. The van der Waals surface area contributed by atoms with Gasteiger partial charge in [-0.3, -0.25) is 9.59 Å². The highest BCUT2D eigenvalue weighted by Gasteiger charge is 2.08. The second-order valence-electron chi connectivity index (χ2n) is 4.30. The van der Waals surface area contributed by atoms with E-state index in [9.17, 15) is 18.4 Å². The summed E-state index contributed by atoms with van der Waals surface area (Å²) >= 11 is 0. The zero-order valence-corrected chi connectivity index (χ0v) is 11.5. The third kappa shape index (κ3) is 4.37. The average molecular weight is 309 g/mol. The summed E-state index contributed by atoms with van der Waals surface area (Å²) in [6.07, 6.45) is 1.46. The van der Waals surface area contributed by atoms with E-state index in [1.54, 1.807) is 0 Å². The molecule has 0 aliphatic carbocycles. The Bertz CT molecular complexity index is 718. The molecule has 2 aromatic rings. The van der Waals surface area contributed by atoms with E-state index in [1.165, 1.54) is 23.0 Å². The van der Waals surface area contributed by atoms with Crippen molar-refractivity contribution in [2.24, 2.45) is 0 Å². The summed E-state index contributed by atoms with van der Waals surface area (Å²) in [7, 11) is 0. The highest BCUT2D eigenvalue weighted by atomic mass is 19.1. The molecule has 6 nitrogen and oxygen atoms in total. The first-order chi connectivity index (χ1) is 10.6. The van der Waals surface area contributed by atoms with Gasteiger partial charge >= 0.3 is 0 Å². The maximum absolute atomic E-state index is 13.3. The number of nitrogens with zero attached hydrogens (tertiary/aromatic N) is 2. The van der Waals surface area contributed by atoms with E-state index in [4.69, 9.17) is 4.74 Å². The van der Waals surface area contributed by atoms with Gasteiger partial charge < -0.3 is 10.1 Å². The van der Waals surface area contributed by atoms with Crippen molar-refractivity contribution >= 4 is 5.91 Å². The van der Waals surface area contributed by atoms with Crippen molar-refractivity contribution in [2.45, 2.75) is 6.54 Å². The van der Waals surface area contributed by atoms with Crippen molar-refractivity contribution < 1.29 is 18.3 Å². The molecule has 1 aromatic heterocycles. The smallest absolute Gasteiger partial charge is 0.266 e. The summed E-state index contributed by atoms with van der Waals surface area (Å²) in [5.74, 6) is -2.31. The number of aromatic nitrogens is 2. The zero-order valence-electron chi connectivity index (χ0n) is 11.5. The third-order valence-electron chi connectivity index (χ3n) is 2.68. The molecule has 0 unspecified atom stereocenters. The molecule has 0 radical (unpaired) electrons. The largest absolute Gasteiger partial charge is 0.481 e. The molecule has 0 aliphatic heterocycles. The van der Waals surface area contributed by atoms with Gasteiger partial charge in [0.1, 0.15) is 5.82 Å². The molecule has 0 aliphatic rings. The monoisotopic (exact) mass is 309 g/mol. The molecule has 116 valence electrons. The molecular formula is C14H13F2N3O3. The Morgan fingerprint density at radius 2 is 2.14 bits per heavy atom. The zero-order chi connectivity index (χ0) is 15.9. The summed E-state index contributed by atoms with van der Waals surface area (Å²) in [4.78, 5) is 22.9. The van der Waals surface area contributed by atoms with Crippen molar-refractivity contribution in [3.63, 3.8) is 0 Å². The molecule has 0 saturated carbocycles. The van der Waals surface area contributed by atoms with Crippen LogP contribution in [0.5, 0.6) is 5.75 Å². The molecule has 0 bridgehead atoms. The highest BCUT2D eigenvalue weighted by Crippen LogP contribution is 2.17. The number of hydrogen-bond donors (Lipinski definition) is 1. The minimum absolute atomic E-state index is 0.172. The lowest BCUT2D eigenvalue weighted by atomic mass is 10.3. The lowest BCUT2D eigenvalue weighted by molar-refractivity contribution is -0.123. The Labute approximate surface area is 124 Å². The SMILES string of the molecule is O=C(COc1ccc(F)cc1F)NCCn1ncccc1=O. The van der Waals surface area contributed by atoms with Crippen LogP contribution >= 0.6 is 0 Å². The number of ether oxygens (including phenoxy) is 1. The molecule has 1 N–H and O–H groups in total. The quantitative estimate of drug-likeness (QED) is 0.853. The molecule has 1 heterocycles. The van der Waals surface area contributed by atoms with E-state index in [0.29, 0.717) is 6.07 Å². The Morgan fingerprint density at radius 1 is 1.32 bits per heavy atom. The molecular weight excluding hydrogens is 296 g/mol. The van der Waals surface area contributed by atoms with Crippen molar-refractivity contribution in [3.05, 3.63) is 58.5 Å². The van der Waals surface area contributed by atoms with Gasteiger partial charge in [0.05, 0.1) is 6.54 Å². The van der Waals surface area contributed by atoms with E-state index >= 15 is 0 Å². The summed E-state index contributed by atoms with van der Waals surface area (Å²) in [6, 6.07) is 5.67. The van der Waals surface area contributed by atoms with Gasteiger partial charge in [-0.25, -0.2) is 13.5 Å². The topological polar surface area (TPSA) is 73.2 Å². The molecule has 1 amide bonds. The number of carbonyl (C=O) groups excluding carboxylic acids is 1. The number of rotatable bonds is 6. The minimum atomic E-state index is -0.882. The van der Waals surface area contributed by atoms with Crippen LogP contribution in [0.15, 0.2) is 41.3 Å². The van der Waals surface area contributed by atoms with Gasteiger partial charge in [-0.2, -0.15) is 5.10 Å². The third-order valence-corrected chi connectivity index (χ3v) is 2.68. The second-order valence-corrected chi connectivity index (χ2v) is 4.30. The van der Waals surface area contributed by atoms with Crippen LogP contribution in [-0.2, 0) is 11.3 Å². The highest BCUT2D eigenvalue weighted by molar-refractivity contribution is 5.77. The van der Waals surface area contributed by atoms with Gasteiger partial charge in [0.2, 0.25) is 0 Å². The minimum Gasteiger partial charge on any atom is -0.481 e. The van der Waals surface area contributed by atoms with Crippen LogP contribution in [0.2, 0.25) is 0 Å². The summed E-state index contributed by atoms with van der Waals surface area (Å²) in [6.45, 7) is -0.0407. The van der Waals surface area contributed by atoms with Crippen LogP contribution in [-0.4, -0.2) is 28.8 Å². The lowest BCUT2D eigenvalue weighted by Crippen LogP contribution is -2.34. The van der Waals surface area contributed by atoms with E-state index < -0.39 is 24.1 Å². The number of amides is 1. The van der Waals surface area contributed by atoms with Crippen molar-refractivity contribution in [3.8, 4) is 5.75 Å². The van der Waals surface area contributed by atoms with Crippen LogP contribution in [0.25, 0.3) is 0 Å². The molecule has 0 atom stereocenters. The molecule has 22 heavy (non-hydrogen) atoms. The molecule has 0 saturated heterocycles. The lowest BCUT2D eigenvalue weighted by Gasteiger charge is -2.08. The number of halogens is 2. The van der Waals surface area contributed by atoms with Gasteiger partial charge in [-0.15, -0.1) is 0 Å². The first-order valence-corrected chi connectivity index (χ1v) is 6.43. The molecule has 8 heteroatoms. The van der Waals surface area contributed by atoms with Gasteiger partial charge in [-0.05, 0) is 18.2 Å². The summed E-state index contributed by atoms with van der Waals surface area (Å²) in [5.41, 5.74) is -0.276. The standard InChI is InChI=1S/C14H13F2N3O3/c15-10-3-4-12(11(16)8-10)22-9-13(20)17-6-7-19-14(21)2-1-5-18-19/h1-5,8H,6-7,9H2,(H,17,20). The van der Waals surface area contributed by atoms with Gasteiger partial charge in [0.25, 0.3) is 11.5 Å². The fraction of sp³-hybridized carbons (Fsp3) is 0.214. The fourth-order valence-electron chi connectivity index (χ4n) is 1.64. The molecule has 0 fully saturated rings. The van der Waals surface area contributed by atoms with E-state index in [2.05, 4.69) is 10.4 Å². The number of hydrogen-bond acceptors (Lipinski definition) is 4. The summed E-state index contributed by atoms with van der Waals surface area (Å²) < 4.78 is 32.1. The van der Waals surface area contributed by atoms with Crippen molar-refractivity contribution in [1.82, 2.24) is 15.1 Å². The predicted octanol–water partition coefficient (Wildman–Crippen LogP) is 0.717. The van der Waals surface area contributed by atoms with Crippen molar-refractivity contribution in [1.29, 1.82) is 0 Å². The molecule has 2 rings (SSSR count). The molecule has 1 aromatic carbocycles. The van der Waals surface area contributed by atoms with E-state index in [-0.39, 0.29) is 24.4 Å². The van der Waals surface area contributed by atoms with Crippen LogP contribution in [0.3, 0.4) is 0 Å². The maximum Gasteiger partial charge on any atom is 0.266 e. The summed E-state index contributed by atoms with van der Waals surface area (Å²) in [5, 5.41) is 6.32. The average Bonchev–Trinajstić information content (AvgIpc) is 2.48. The first-order valence-electron chi connectivity index (χ1n) is 6.43. The Morgan fingerprint density at radius 3 is 2.86 bits per heavy atom. The van der Waals surface area contributed by atoms with Crippen molar-refractivity contribution in [2.75, 3.05) is 13.2 Å². The van der Waals surface area contributed by atoms with Gasteiger partial charge in [0, 0.05) is 24.9 Å². The van der Waals surface area contributed by atoms with Crippen LogP contribution in [0.4, 0.5) is 8.78 Å². The normalized spacial score (nSPS) is 10.3. The number of nitrogens with one attached hydrogen (secondary N) is 1. The van der Waals surface area contributed by atoms with E-state index in [0.717, 1.165) is 12.1 Å². The Kier molecular flexibility index (Phi) is 5.18. The fourth-order valence-corrected chi connectivity index (χ4v) is 1.64. The number of benzene rings is 1. The van der Waals surface area contributed by atoms with Gasteiger partial charge in [0.15, 0.2) is 18.2 Å². The first kappa shape index (κ1) is 15.6. The Balaban J connectivity index is 1.76. The van der Waals surface area contributed by atoms with Crippen LogP contribution in [0, 0.1) is 11.6 Å².